The number of carbonyl (C=O) groups is 4. The Morgan fingerprint density at radius 2 is 1.40 bits per heavy atom. The molecule has 0 aromatic heterocycles. The fourth-order valence-electron chi connectivity index (χ4n) is 3.78. The van der Waals surface area contributed by atoms with E-state index in [2.05, 4.69) is 31.3 Å². The molecule has 0 radical (unpaired) electrons. The summed E-state index contributed by atoms with van der Waals surface area (Å²) in [6.07, 6.45) is 0.270. The number of hydrogen-bond acceptors (Lipinski definition) is 6. The van der Waals surface area contributed by atoms with Gasteiger partial charge in [-0.2, -0.15) is 0 Å². The summed E-state index contributed by atoms with van der Waals surface area (Å²) in [6.45, 7) is 3.74. The molecule has 0 fully saturated rings. The zero-order valence-corrected chi connectivity index (χ0v) is 23.7. The van der Waals surface area contributed by atoms with E-state index in [1.165, 1.54) is 43.3 Å². The molecule has 0 heterocycles. The summed E-state index contributed by atoms with van der Waals surface area (Å²) in [5.41, 5.74) is 1.70. The molecule has 222 valence electrons. The van der Waals surface area contributed by atoms with E-state index in [1.807, 2.05) is 6.92 Å². The molecule has 42 heavy (non-hydrogen) atoms. The van der Waals surface area contributed by atoms with Gasteiger partial charge in [-0.25, -0.2) is 18.0 Å². The highest BCUT2D eigenvalue weighted by Gasteiger charge is 2.21. The lowest BCUT2D eigenvalue weighted by Crippen LogP contribution is -2.33. The van der Waals surface area contributed by atoms with E-state index in [4.69, 9.17) is 0 Å². The Kier molecular flexibility index (Phi) is 10.8. The molecule has 3 aromatic rings. The van der Waals surface area contributed by atoms with Crippen molar-refractivity contribution in [3.05, 3.63) is 78.4 Å². The third-order valence-corrected chi connectivity index (χ3v) is 7.01. The molecule has 0 bridgehead atoms. The summed E-state index contributed by atoms with van der Waals surface area (Å²) in [7, 11) is -4.09. The number of nitrogens with one attached hydrogen (secondary N) is 6. The molecule has 0 unspecified atom stereocenters. The van der Waals surface area contributed by atoms with E-state index in [-0.39, 0.29) is 22.2 Å². The van der Waals surface area contributed by atoms with E-state index in [9.17, 15) is 32.7 Å². The Labute approximate surface area is 243 Å². The van der Waals surface area contributed by atoms with Gasteiger partial charge in [-0.1, -0.05) is 25.1 Å². The molecule has 0 saturated carbocycles. The first-order chi connectivity index (χ1) is 19.9. The lowest BCUT2D eigenvalue weighted by atomic mass is 10.0. The standard InChI is InChI=1S/C28H32N6O7S/c1-3-14-29-27(38)32-22-7-5-9-24(16-22)42(40,41)34-23-8-4-6-19(15-23)25(17-26(36)37)33-28(39)31-21-12-10-20(11-13-21)30-18(2)35/h4-13,15-16,25,34H,3,14,17H2,1-2H3,(H,30,35)(H,36,37)(H2,29,32,38)(H2,31,33,39)/t25-/m1/s1. The zero-order valence-electron chi connectivity index (χ0n) is 22.9. The fraction of sp³-hybridized carbons (Fsp3) is 0.214. The van der Waals surface area contributed by atoms with Crippen molar-refractivity contribution in [2.75, 3.05) is 27.2 Å². The monoisotopic (exact) mass is 596 g/mol. The summed E-state index contributed by atoms with van der Waals surface area (Å²) >= 11 is 0. The number of hydrogen-bond donors (Lipinski definition) is 7. The minimum Gasteiger partial charge on any atom is -0.481 e. The molecule has 5 amide bonds. The first kappa shape index (κ1) is 31.4. The number of carbonyl (C=O) groups excluding carboxylic acids is 3. The van der Waals surface area contributed by atoms with Crippen molar-refractivity contribution in [2.45, 2.75) is 37.6 Å². The van der Waals surface area contributed by atoms with Crippen LogP contribution in [-0.4, -0.2) is 44.0 Å². The van der Waals surface area contributed by atoms with Crippen molar-refractivity contribution in [1.29, 1.82) is 0 Å². The number of aliphatic carboxylic acids is 1. The van der Waals surface area contributed by atoms with Gasteiger partial charge in [0.05, 0.1) is 17.4 Å². The molecule has 0 aliphatic heterocycles. The van der Waals surface area contributed by atoms with Gasteiger partial charge in [0.15, 0.2) is 0 Å². The van der Waals surface area contributed by atoms with Crippen molar-refractivity contribution < 1.29 is 32.7 Å². The molecular formula is C28H32N6O7S. The minimum absolute atomic E-state index is 0.106. The average Bonchev–Trinajstić information content (AvgIpc) is 2.92. The van der Waals surface area contributed by atoms with E-state index >= 15 is 0 Å². The molecule has 13 nitrogen and oxygen atoms in total. The topological polar surface area (TPSA) is 195 Å². The number of carboxylic acids is 1. The van der Waals surface area contributed by atoms with E-state index in [0.717, 1.165) is 6.42 Å². The van der Waals surface area contributed by atoms with Crippen LogP contribution in [-0.2, 0) is 19.6 Å². The van der Waals surface area contributed by atoms with Gasteiger partial charge in [0.2, 0.25) is 5.91 Å². The van der Waals surface area contributed by atoms with Crippen LogP contribution in [0.5, 0.6) is 0 Å². The highest BCUT2D eigenvalue weighted by Crippen LogP contribution is 2.24. The highest BCUT2D eigenvalue weighted by molar-refractivity contribution is 7.92. The summed E-state index contributed by atoms with van der Waals surface area (Å²) in [4.78, 5) is 47.3. The molecule has 0 spiro atoms. The minimum atomic E-state index is -4.09. The second-order valence-corrected chi connectivity index (χ2v) is 10.8. The van der Waals surface area contributed by atoms with Crippen molar-refractivity contribution in [2.24, 2.45) is 0 Å². The lowest BCUT2D eigenvalue weighted by Gasteiger charge is -2.19. The van der Waals surface area contributed by atoms with Gasteiger partial charge < -0.3 is 31.7 Å². The fourth-order valence-corrected chi connectivity index (χ4v) is 4.88. The number of anilines is 4. The third-order valence-electron chi connectivity index (χ3n) is 5.63. The molecule has 7 N–H and O–H groups in total. The zero-order chi connectivity index (χ0) is 30.7. The Hall–Kier alpha value is -5.11. The van der Waals surface area contributed by atoms with E-state index < -0.39 is 40.5 Å². The molecule has 14 heteroatoms. The van der Waals surface area contributed by atoms with Crippen LogP contribution in [0.1, 0.15) is 38.3 Å². The number of benzene rings is 3. The van der Waals surface area contributed by atoms with Gasteiger partial charge in [0.25, 0.3) is 10.0 Å². The van der Waals surface area contributed by atoms with Gasteiger partial charge in [-0.3, -0.25) is 14.3 Å². The van der Waals surface area contributed by atoms with Gasteiger partial charge in [0.1, 0.15) is 0 Å². The lowest BCUT2D eigenvalue weighted by molar-refractivity contribution is -0.137. The number of sulfonamides is 1. The molecule has 0 aliphatic carbocycles. The van der Waals surface area contributed by atoms with Crippen molar-refractivity contribution >= 4 is 56.7 Å². The SMILES string of the molecule is CCCNC(=O)Nc1cccc(S(=O)(=O)Nc2cccc([C@@H](CC(=O)O)NC(=O)Nc3ccc(NC(C)=O)cc3)c2)c1. The molecule has 1 atom stereocenters. The van der Waals surface area contributed by atoms with Gasteiger partial charge in [-0.15, -0.1) is 0 Å². The molecule has 0 saturated heterocycles. The second-order valence-electron chi connectivity index (χ2n) is 9.15. The Balaban J connectivity index is 1.73. The number of rotatable bonds is 12. The Bertz CT molecular complexity index is 1540. The van der Waals surface area contributed by atoms with Gasteiger partial charge >= 0.3 is 18.0 Å². The third kappa shape index (κ3) is 9.82. The Morgan fingerprint density at radius 3 is 2.05 bits per heavy atom. The summed E-state index contributed by atoms with van der Waals surface area (Å²) in [5, 5.41) is 22.5. The normalized spacial score (nSPS) is 11.5. The maximum atomic E-state index is 13.1. The van der Waals surface area contributed by atoms with Gasteiger partial charge in [0, 0.05) is 36.2 Å². The molecule has 3 aromatic carbocycles. The predicted molar refractivity (Wildman–Crippen MR) is 159 cm³/mol. The maximum Gasteiger partial charge on any atom is 0.319 e. The van der Waals surface area contributed by atoms with Crippen molar-refractivity contribution in [1.82, 2.24) is 10.6 Å². The van der Waals surface area contributed by atoms with Crippen LogP contribution in [0.25, 0.3) is 0 Å². The summed E-state index contributed by atoms with van der Waals surface area (Å²) < 4.78 is 28.6. The van der Waals surface area contributed by atoms with Crippen molar-refractivity contribution in [3.8, 4) is 0 Å². The van der Waals surface area contributed by atoms with Crippen LogP contribution in [0.2, 0.25) is 0 Å². The largest absolute Gasteiger partial charge is 0.481 e. The summed E-state index contributed by atoms with van der Waals surface area (Å²) in [5.74, 6) is -1.43. The number of carboxylic acid groups (broad SMARTS) is 1. The van der Waals surface area contributed by atoms with Crippen LogP contribution < -0.4 is 31.3 Å². The van der Waals surface area contributed by atoms with Crippen LogP contribution in [0, 0.1) is 0 Å². The second kappa shape index (κ2) is 14.5. The molecule has 0 aliphatic rings. The number of amides is 5. The molecule has 3 rings (SSSR count). The smallest absolute Gasteiger partial charge is 0.319 e. The van der Waals surface area contributed by atoms with Gasteiger partial charge in [-0.05, 0) is 66.6 Å². The van der Waals surface area contributed by atoms with Crippen LogP contribution >= 0.6 is 0 Å². The first-order valence-corrected chi connectivity index (χ1v) is 14.4. The van der Waals surface area contributed by atoms with E-state index in [1.54, 1.807) is 36.4 Å². The predicted octanol–water partition coefficient (Wildman–Crippen LogP) is 4.31. The van der Waals surface area contributed by atoms with E-state index in [0.29, 0.717) is 23.5 Å². The maximum absolute atomic E-state index is 13.1. The average molecular weight is 597 g/mol. The number of urea groups is 2. The van der Waals surface area contributed by atoms with Crippen LogP contribution in [0.15, 0.2) is 77.7 Å². The quantitative estimate of drug-likeness (QED) is 0.162. The summed E-state index contributed by atoms with van der Waals surface area (Å²) in [6, 6.07) is 15.9. The Morgan fingerprint density at radius 1 is 0.786 bits per heavy atom. The van der Waals surface area contributed by atoms with Crippen molar-refractivity contribution in [3.63, 3.8) is 0 Å². The first-order valence-electron chi connectivity index (χ1n) is 12.9. The van der Waals surface area contributed by atoms with Crippen LogP contribution in [0.4, 0.5) is 32.3 Å². The highest BCUT2D eigenvalue weighted by atomic mass is 32.2. The molecular weight excluding hydrogens is 564 g/mol. The van der Waals surface area contributed by atoms with Crippen LogP contribution in [0.3, 0.4) is 0 Å².